The zero-order valence-corrected chi connectivity index (χ0v) is 9.66. The summed E-state index contributed by atoms with van der Waals surface area (Å²) < 4.78 is 1.03. The van der Waals surface area contributed by atoms with Crippen LogP contribution in [0.15, 0.2) is 30.7 Å². The number of rotatable bonds is 4. The maximum Gasteiger partial charge on any atom is 0.381 e. The third kappa shape index (κ3) is 2.29. The van der Waals surface area contributed by atoms with Gasteiger partial charge in [0, 0.05) is 6.07 Å². The van der Waals surface area contributed by atoms with Crippen molar-refractivity contribution in [2.45, 2.75) is 0 Å². The van der Waals surface area contributed by atoms with Crippen molar-refractivity contribution in [2.24, 2.45) is 0 Å². The first-order chi connectivity index (χ1) is 9.40. The number of hydrogen-bond donors (Lipinski definition) is 1. The Kier molecular flexibility index (Phi) is 3.13. The lowest BCUT2D eigenvalue weighted by atomic mass is 10.1. The second kappa shape index (κ2) is 4.76. The van der Waals surface area contributed by atoms with Gasteiger partial charge in [-0.25, -0.2) is 4.79 Å². The number of hydrogen-bond acceptors (Lipinski definition) is 6. The summed E-state index contributed by atoms with van der Waals surface area (Å²) in [5.74, 6) is -1.77. The SMILES string of the molecule is O=C(O)c1ccc([N+](=O)[O-])c(-n2cnc([N+](=O)[O-])c2)c1. The van der Waals surface area contributed by atoms with Crippen LogP contribution in [-0.2, 0) is 0 Å². The highest BCUT2D eigenvalue weighted by atomic mass is 16.6. The normalized spacial score (nSPS) is 10.2. The first kappa shape index (κ1) is 13.1. The summed E-state index contributed by atoms with van der Waals surface area (Å²) in [4.78, 5) is 34.3. The van der Waals surface area contributed by atoms with Gasteiger partial charge in [0.2, 0.25) is 6.33 Å². The summed E-state index contributed by atoms with van der Waals surface area (Å²) in [5.41, 5.74) is -0.681. The molecular weight excluding hydrogens is 272 g/mol. The molecule has 1 aromatic heterocycles. The monoisotopic (exact) mass is 278 g/mol. The van der Waals surface area contributed by atoms with E-state index in [1.165, 1.54) is 0 Å². The molecule has 0 fully saturated rings. The highest BCUT2D eigenvalue weighted by Gasteiger charge is 2.21. The van der Waals surface area contributed by atoms with Crippen molar-refractivity contribution in [3.8, 4) is 5.69 Å². The van der Waals surface area contributed by atoms with Gasteiger partial charge in [-0.1, -0.05) is 0 Å². The Labute approximate surface area is 110 Å². The summed E-state index contributed by atoms with van der Waals surface area (Å²) in [7, 11) is 0. The van der Waals surface area contributed by atoms with Crippen molar-refractivity contribution in [1.82, 2.24) is 9.55 Å². The van der Waals surface area contributed by atoms with Crippen molar-refractivity contribution in [1.29, 1.82) is 0 Å². The molecule has 0 saturated carbocycles. The molecular formula is C10H6N4O6. The average Bonchev–Trinajstić information content (AvgIpc) is 2.87. The number of aromatic nitrogens is 2. The molecule has 102 valence electrons. The van der Waals surface area contributed by atoms with E-state index in [0.29, 0.717) is 0 Å². The van der Waals surface area contributed by atoms with E-state index in [1.54, 1.807) is 0 Å². The van der Waals surface area contributed by atoms with Crippen molar-refractivity contribution >= 4 is 17.5 Å². The molecule has 10 heteroatoms. The maximum absolute atomic E-state index is 10.9. The van der Waals surface area contributed by atoms with Crippen LogP contribution in [0.25, 0.3) is 5.69 Å². The van der Waals surface area contributed by atoms with Crippen LogP contribution in [0.2, 0.25) is 0 Å². The van der Waals surface area contributed by atoms with Gasteiger partial charge in [0.15, 0.2) is 0 Å². The molecule has 2 aromatic rings. The minimum absolute atomic E-state index is 0.115. The highest BCUT2D eigenvalue weighted by molar-refractivity contribution is 5.89. The van der Waals surface area contributed by atoms with Gasteiger partial charge in [-0.3, -0.25) is 14.7 Å². The Balaban J connectivity index is 2.62. The lowest BCUT2D eigenvalue weighted by Crippen LogP contribution is -2.03. The quantitative estimate of drug-likeness (QED) is 0.657. The van der Waals surface area contributed by atoms with E-state index in [0.717, 1.165) is 35.3 Å². The first-order valence-corrected chi connectivity index (χ1v) is 5.10. The zero-order chi connectivity index (χ0) is 14.9. The summed E-state index contributed by atoms with van der Waals surface area (Å²) in [5, 5.41) is 30.3. The van der Waals surface area contributed by atoms with Crippen LogP contribution in [0.4, 0.5) is 11.5 Å². The Morgan fingerprint density at radius 3 is 2.45 bits per heavy atom. The molecule has 1 aromatic carbocycles. The summed E-state index contributed by atoms with van der Waals surface area (Å²) in [6.07, 6.45) is 1.97. The second-order valence-corrected chi connectivity index (χ2v) is 3.66. The lowest BCUT2D eigenvalue weighted by molar-refractivity contribution is -0.389. The van der Waals surface area contributed by atoms with Crippen LogP contribution >= 0.6 is 0 Å². The molecule has 0 aliphatic heterocycles. The van der Waals surface area contributed by atoms with Crippen molar-refractivity contribution < 1.29 is 19.7 Å². The fraction of sp³-hybridized carbons (Fsp3) is 0. The van der Waals surface area contributed by atoms with E-state index in [-0.39, 0.29) is 16.9 Å². The van der Waals surface area contributed by atoms with Crippen molar-refractivity contribution in [3.63, 3.8) is 0 Å². The van der Waals surface area contributed by atoms with E-state index in [2.05, 4.69) is 4.98 Å². The minimum Gasteiger partial charge on any atom is -0.478 e. The van der Waals surface area contributed by atoms with E-state index in [1.807, 2.05) is 0 Å². The molecule has 0 atom stereocenters. The molecule has 0 aliphatic carbocycles. The van der Waals surface area contributed by atoms with Gasteiger partial charge in [0.25, 0.3) is 5.69 Å². The van der Waals surface area contributed by atoms with Gasteiger partial charge >= 0.3 is 11.8 Å². The van der Waals surface area contributed by atoms with E-state index in [4.69, 9.17) is 5.11 Å². The number of aromatic carboxylic acids is 1. The van der Waals surface area contributed by atoms with Crippen molar-refractivity contribution in [3.05, 3.63) is 56.5 Å². The van der Waals surface area contributed by atoms with Crippen LogP contribution in [-0.4, -0.2) is 30.5 Å². The largest absolute Gasteiger partial charge is 0.478 e. The molecule has 0 aliphatic rings. The smallest absolute Gasteiger partial charge is 0.381 e. The van der Waals surface area contributed by atoms with Gasteiger partial charge in [-0.05, 0) is 22.0 Å². The summed E-state index contributed by atoms with van der Waals surface area (Å²) >= 11 is 0. The standard InChI is InChI=1S/C10H6N4O6/c15-10(16)6-1-2-7(13(17)18)8(3-6)12-4-9(11-5-12)14(19)20/h1-5H,(H,15,16). The number of nitro groups is 2. The Hall–Kier alpha value is -3.30. The van der Waals surface area contributed by atoms with E-state index >= 15 is 0 Å². The molecule has 0 unspecified atom stereocenters. The topological polar surface area (TPSA) is 141 Å². The fourth-order valence-corrected chi connectivity index (χ4v) is 1.56. The zero-order valence-electron chi connectivity index (χ0n) is 9.66. The summed E-state index contributed by atoms with van der Waals surface area (Å²) in [6, 6.07) is 3.14. The van der Waals surface area contributed by atoms with Crippen LogP contribution in [0.1, 0.15) is 10.4 Å². The van der Waals surface area contributed by atoms with Gasteiger partial charge in [0.1, 0.15) is 11.9 Å². The third-order valence-corrected chi connectivity index (χ3v) is 2.45. The second-order valence-electron chi connectivity index (χ2n) is 3.66. The number of nitrogens with zero attached hydrogens (tertiary/aromatic N) is 4. The van der Waals surface area contributed by atoms with E-state index in [9.17, 15) is 25.0 Å². The molecule has 20 heavy (non-hydrogen) atoms. The predicted molar refractivity (Wildman–Crippen MR) is 63.8 cm³/mol. The number of nitro benzene ring substituents is 1. The van der Waals surface area contributed by atoms with Crippen LogP contribution in [0.5, 0.6) is 0 Å². The van der Waals surface area contributed by atoms with Gasteiger partial charge in [0.05, 0.1) is 10.5 Å². The fourth-order valence-electron chi connectivity index (χ4n) is 1.56. The molecule has 2 rings (SSSR count). The number of imidazole rings is 1. The van der Waals surface area contributed by atoms with Crippen LogP contribution < -0.4 is 0 Å². The number of carboxylic acids is 1. The van der Waals surface area contributed by atoms with Crippen LogP contribution in [0, 0.1) is 20.2 Å². The predicted octanol–water partition coefficient (Wildman–Crippen LogP) is 1.39. The Morgan fingerprint density at radius 2 is 1.95 bits per heavy atom. The third-order valence-electron chi connectivity index (χ3n) is 2.45. The Bertz CT molecular complexity index is 722. The summed E-state index contributed by atoms with van der Waals surface area (Å²) in [6.45, 7) is 0. The lowest BCUT2D eigenvalue weighted by Gasteiger charge is -2.03. The Morgan fingerprint density at radius 1 is 1.25 bits per heavy atom. The number of benzene rings is 1. The molecule has 0 spiro atoms. The highest BCUT2D eigenvalue weighted by Crippen LogP contribution is 2.25. The molecule has 1 N–H and O–H groups in total. The van der Waals surface area contributed by atoms with E-state index < -0.39 is 21.6 Å². The number of carbonyl (C=O) groups is 1. The van der Waals surface area contributed by atoms with Gasteiger partial charge in [-0.2, -0.15) is 0 Å². The van der Waals surface area contributed by atoms with Gasteiger partial charge < -0.3 is 15.2 Å². The van der Waals surface area contributed by atoms with Gasteiger partial charge in [-0.15, -0.1) is 0 Å². The first-order valence-electron chi connectivity index (χ1n) is 5.10. The maximum atomic E-state index is 10.9. The average molecular weight is 278 g/mol. The minimum atomic E-state index is -1.27. The molecule has 0 saturated heterocycles. The molecule has 1 heterocycles. The van der Waals surface area contributed by atoms with Crippen molar-refractivity contribution in [2.75, 3.05) is 0 Å². The number of carboxylic acid groups (broad SMARTS) is 1. The molecule has 10 nitrogen and oxygen atoms in total. The molecule has 0 radical (unpaired) electrons. The van der Waals surface area contributed by atoms with Crippen LogP contribution in [0.3, 0.4) is 0 Å². The molecule has 0 amide bonds. The molecule has 0 bridgehead atoms.